The van der Waals surface area contributed by atoms with Crippen LogP contribution in [-0.4, -0.2) is 22.5 Å². The van der Waals surface area contributed by atoms with Crippen molar-refractivity contribution in [3.05, 3.63) is 54.1 Å². The van der Waals surface area contributed by atoms with Gasteiger partial charge in [0.15, 0.2) is 0 Å². The van der Waals surface area contributed by atoms with E-state index in [0.717, 1.165) is 27.6 Å². The highest BCUT2D eigenvalue weighted by Gasteiger charge is 2.21. The molecule has 0 saturated heterocycles. The zero-order chi connectivity index (χ0) is 13.7. The Labute approximate surface area is 114 Å². The van der Waals surface area contributed by atoms with Crippen LogP contribution < -0.4 is 0 Å². The van der Waals surface area contributed by atoms with Crippen molar-refractivity contribution in [2.75, 3.05) is 7.11 Å². The predicted octanol–water partition coefficient (Wildman–Crippen LogP) is 3.36. The zero-order valence-electron chi connectivity index (χ0n) is 10.9. The molecule has 0 bridgehead atoms. The first kappa shape index (κ1) is 11.1. The molecule has 2 aromatic carbocycles. The van der Waals surface area contributed by atoms with E-state index >= 15 is 0 Å². The minimum atomic E-state index is -0.324. The van der Waals surface area contributed by atoms with Crippen LogP contribution in [0.3, 0.4) is 0 Å². The second-order valence-corrected chi connectivity index (χ2v) is 4.71. The first-order chi connectivity index (χ1) is 9.81. The second-order valence-electron chi connectivity index (χ2n) is 4.71. The molecule has 4 aromatic rings. The number of carbonyl (C=O) groups is 1. The van der Waals surface area contributed by atoms with E-state index in [9.17, 15) is 4.79 Å². The molecular weight excluding hydrogens is 252 g/mol. The van der Waals surface area contributed by atoms with Crippen LogP contribution in [0.25, 0.3) is 27.6 Å². The summed E-state index contributed by atoms with van der Waals surface area (Å²) in [6.45, 7) is 0. The summed E-state index contributed by atoms with van der Waals surface area (Å²) in [6.07, 6.45) is 0. The van der Waals surface area contributed by atoms with Gasteiger partial charge in [0.05, 0.1) is 23.7 Å². The van der Waals surface area contributed by atoms with Gasteiger partial charge in [-0.2, -0.15) is 0 Å². The molecule has 1 N–H and O–H groups in total. The lowest BCUT2D eigenvalue weighted by molar-refractivity contribution is 0.0605. The van der Waals surface area contributed by atoms with Crippen LogP contribution in [0.15, 0.2) is 48.5 Å². The number of esters is 1. The fourth-order valence-electron chi connectivity index (χ4n) is 2.82. The van der Waals surface area contributed by atoms with Crippen molar-refractivity contribution in [1.29, 1.82) is 0 Å². The van der Waals surface area contributed by atoms with Crippen LogP contribution >= 0.6 is 0 Å². The van der Waals surface area contributed by atoms with Crippen molar-refractivity contribution in [2.45, 2.75) is 0 Å². The molecule has 0 unspecified atom stereocenters. The van der Waals surface area contributed by atoms with E-state index in [1.807, 2.05) is 48.5 Å². The molecule has 4 heteroatoms. The number of para-hydroxylation sites is 3. The van der Waals surface area contributed by atoms with E-state index in [4.69, 9.17) is 4.74 Å². The summed E-state index contributed by atoms with van der Waals surface area (Å²) in [4.78, 5) is 15.4. The van der Waals surface area contributed by atoms with E-state index in [1.165, 1.54) is 7.11 Å². The molecule has 0 spiro atoms. The highest BCUT2D eigenvalue weighted by Crippen LogP contribution is 2.30. The van der Waals surface area contributed by atoms with Crippen LogP contribution in [0.4, 0.5) is 0 Å². The standard InChI is InChI=1S/C16H12N2O2/c1-20-16(19)14-10-6-2-4-8-12(10)18-13-9-5-3-7-11(13)17-15(14)18/h2-9,17H,1H3. The van der Waals surface area contributed by atoms with E-state index in [-0.39, 0.29) is 5.97 Å². The number of imidazole rings is 1. The SMILES string of the molecule is COC(=O)c1c2ccccc2n2c1[nH]c1ccccc12. The van der Waals surface area contributed by atoms with Gasteiger partial charge in [0.25, 0.3) is 0 Å². The highest BCUT2D eigenvalue weighted by molar-refractivity contribution is 6.12. The van der Waals surface area contributed by atoms with Crippen molar-refractivity contribution in [1.82, 2.24) is 9.38 Å². The first-order valence-electron chi connectivity index (χ1n) is 6.39. The van der Waals surface area contributed by atoms with Gasteiger partial charge < -0.3 is 9.72 Å². The summed E-state index contributed by atoms with van der Waals surface area (Å²) in [5, 5.41) is 0.899. The van der Waals surface area contributed by atoms with Crippen LogP contribution in [0.2, 0.25) is 0 Å². The number of fused-ring (bicyclic) bond motifs is 5. The van der Waals surface area contributed by atoms with Crippen molar-refractivity contribution in [3.63, 3.8) is 0 Å². The Morgan fingerprint density at radius 2 is 1.75 bits per heavy atom. The molecule has 0 aliphatic rings. The summed E-state index contributed by atoms with van der Waals surface area (Å²) < 4.78 is 7.00. The van der Waals surface area contributed by atoms with Crippen molar-refractivity contribution in [3.8, 4) is 0 Å². The number of hydrogen-bond donors (Lipinski definition) is 1. The molecular formula is C16H12N2O2. The predicted molar refractivity (Wildman–Crippen MR) is 78.1 cm³/mol. The molecule has 0 saturated carbocycles. The summed E-state index contributed by atoms with van der Waals surface area (Å²) in [7, 11) is 1.41. The molecule has 4 rings (SSSR count). The Morgan fingerprint density at radius 1 is 1.05 bits per heavy atom. The number of ether oxygens (including phenoxy) is 1. The molecule has 98 valence electrons. The van der Waals surface area contributed by atoms with E-state index in [2.05, 4.69) is 9.38 Å². The monoisotopic (exact) mass is 264 g/mol. The molecule has 0 radical (unpaired) electrons. The minimum Gasteiger partial charge on any atom is -0.465 e. The van der Waals surface area contributed by atoms with Gasteiger partial charge in [-0.05, 0) is 18.2 Å². The number of aromatic nitrogens is 2. The molecule has 0 aliphatic heterocycles. The molecule has 0 aliphatic carbocycles. The van der Waals surface area contributed by atoms with Gasteiger partial charge in [-0.25, -0.2) is 4.79 Å². The van der Waals surface area contributed by atoms with Crippen LogP contribution in [0.5, 0.6) is 0 Å². The van der Waals surface area contributed by atoms with Crippen molar-refractivity contribution < 1.29 is 9.53 Å². The average Bonchev–Trinajstić information content (AvgIpc) is 3.00. The minimum absolute atomic E-state index is 0.324. The fourth-order valence-corrected chi connectivity index (χ4v) is 2.82. The Morgan fingerprint density at radius 3 is 2.55 bits per heavy atom. The Hall–Kier alpha value is -2.75. The number of nitrogens with one attached hydrogen (secondary N) is 1. The highest BCUT2D eigenvalue weighted by atomic mass is 16.5. The molecule has 0 amide bonds. The fraction of sp³-hybridized carbons (Fsp3) is 0.0625. The number of hydrogen-bond acceptors (Lipinski definition) is 2. The lowest BCUT2D eigenvalue weighted by Crippen LogP contribution is -2.00. The molecule has 0 atom stereocenters. The van der Waals surface area contributed by atoms with Gasteiger partial charge >= 0.3 is 5.97 Å². The van der Waals surface area contributed by atoms with Crippen molar-refractivity contribution in [2.24, 2.45) is 0 Å². The smallest absolute Gasteiger partial charge is 0.342 e. The molecule has 20 heavy (non-hydrogen) atoms. The van der Waals surface area contributed by atoms with E-state index in [0.29, 0.717) is 5.56 Å². The largest absolute Gasteiger partial charge is 0.465 e. The van der Waals surface area contributed by atoms with Crippen LogP contribution in [0, 0.1) is 0 Å². The maximum Gasteiger partial charge on any atom is 0.342 e. The maximum atomic E-state index is 12.1. The lowest BCUT2D eigenvalue weighted by Gasteiger charge is -1.97. The first-order valence-corrected chi connectivity index (χ1v) is 6.39. The Bertz CT molecular complexity index is 963. The zero-order valence-corrected chi connectivity index (χ0v) is 10.9. The summed E-state index contributed by atoms with van der Waals surface area (Å²) >= 11 is 0. The normalized spacial score (nSPS) is 11.4. The summed E-state index contributed by atoms with van der Waals surface area (Å²) in [5.74, 6) is -0.324. The lowest BCUT2D eigenvalue weighted by atomic mass is 10.1. The summed E-state index contributed by atoms with van der Waals surface area (Å²) in [5.41, 5.74) is 4.41. The van der Waals surface area contributed by atoms with Gasteiger partial charge in [0.1, 0.15) is 11.2 Å². The topological polar surface area (TPSA) is 46.5 Å². The molecule has 2 aromatic heterocycles. The van der Waals surface area contributed by atoms with E-state index in [1.54, 1.807) is 0 Å². The van der Waals surface area contributed by atoms with Gasteiger partial charge in [0, 0.05) is 5.39 Å². The van der Waals surface area contributed by atoms with E-state index < -0.39 is 0 Å². The third-order valence-electron chi connectivity index (χ3n) is 3.66. The third-order valence-corrected chi connectivity index (χ3v) is 3.66. The number of aromatic amines is 1. The molecule has 4 nitrogen and oxygen atoms in total. The van der Waals surface area contributed by atoms with Gasteiger partial charge in [0.2, 0.25) is 0 Å². The van der Waals surface area contributed by atoms with Crippen LogP contribution in [-0.2, 0) is 4.74 Å². The third kappa shape index (κ3) is 1.28. The number of H-pyrrole nitrogens is 1. The average molecular weight is 264 g/mol. The van der Waals surface area contributed by atoms with Crippen molar-refractivity contribution >= 4 is 33.6 Å². The van der Waals surface area contributed by atoms with Gasteiger partial charge in [-0.1, -0.05) is 30.3 Å². The Kier molecular flexibility index (Phi) is 2.15. The van der Waals surface area contributed by atoms with Gasteiger partial charge in [-0.15, -0.1) is 0 Å². The number of benzene rings is 2. The Balaban J connectivity index is 2.31. The number of methoxy groups -OCH3 is 1. The molecule has 0 fully saturated rings. The number of nitrogens with zero attached hydrogens (tertiary/aromatic N) is 1. The number of rotatable bonds is 1. The van der Waals surface area contributed by atoms with Crippen LogP contribution in [0.1, 0.15) is 10.4 Å². The second kappa shape index (κ2) is 3.87. The summed E-state index contributed by atoms with van der Waals surface area (Å²) in [6, 6.07) is 15.8. The number of carbonyl (C=O) groups excluding carboxylic acids is 1. The maximum absolute atomic E-state index is 12.1. The molecule has 2 heterocycles. The van der Waals surface area contributed by atoms with Gasteiger partial charge in [-0.3, -0.25) is 4.40 Å². The quantitative estimate of drug-likeness (QED) is 0.536.